The van der Waals surface area contributed by atoms with Crippen LogP contribution in [0, 0.1) is 0 Å². The van der Waals surface area contributed by atoms with Gasteiger partial charge in [0.05, 0.1) is 11.5 Å². The van der Waals surface area contributed by atoms with Gasteiger partial charge in [-0.2, -0.15) is 0 Å². The first kappa shape index (κ1) is 21.7. The van der Waals surface area contributed by atoms with Gasteiger partial charge in [0, 0.05) is 17.3 Å². The number of nitrogens with one attached hydrogen (secondary N) is 2. The predicted octanol–water partition coefficient (Wildman–Crippen LogP) is 3.81. The summed E-state index contributed by atoms with van der Waals surface area (Å²) < 4.78 is 32.8. The van der Waals surface area contributed by atoms with Crippen molar-refractivity contribution < 1.29 is 17.9 Å². The van der Waals surface area contributed by atoms with Gasteiger partial charge in [-0.15, -0.1) is 0 Å². The molecule has 0 heterocycles. The van der Waals surface area contributed by atoms with Crippen LogP contribution in [0.2, 0.25) is 0 Å². The van der Waals surface area contributed by atoms with E-state index in [1.54, 1.807) is 39.0 Å². The van der Waals surface area contributed by atoms with Crippen LogP contribution in [-0.2, 0) is 14.8 Å². The SMILES string of the molecule is CCOc1ccc(/C=C/C(=O)Nc2cccc(S(=O)(=O)NC(C)(C)C)c2)cc1. The molecule has 0 aliphatic carbocycles. The Bertz CT molecular complexity index is 943. The summed E-state index contributed by atoms with van der Waals surface area (Å²) in [5.74, 6) is 0.415. The monoisotopic (exact) mass is 402 g/mol. The molecule has 0 bridgehead atoms. The van der Waals surface area contributed by atoms with Crippen molar-refractivity contribution in [2.45, 2.75) is 38.1 Å². The third kappa shape index (κ3) is 6.83. The number of rotatable bonds is 7. The average molecular weight is 403 g/mol. The summed E-state index contributed by atoms with van der Waals surface area (Å²) in [7, 11) is -3.67. The Hall–Kier alpha value is -2.64. The summed E-state index contributed by atoms with van der Waals surface area (Å²) in [6, 6.07) is 13.5. The second-order valence-electron chi connectivity index (χ2n) is 7.21. The van der Waals surface area contributed by atoms with Crippen molar-refractivity contribution in [1.82, 2.24) is 4.72 Å². The molecule has 0 aliphatic rings. The fourth-order valence-electron chi connectivity index (χ4n) is 2.40. The lowest BCUT2D eigenvalue weighted by Crippen LogP contribution is -2.40. The van der Waals surface area contributed by atoms with Crippen LogP contribution in [0.5, 0.6) is 5.75 Å². The summed E-state index contributed by atoms with van der Waals surface area (Å²) in [5, 5.41) is 2.68. The largest absolute Gasteiger partial charge is 0.494 e. The smallest absolute Gasteiger partial charge is 0.248 e. The highest BCUT2D eigenvalue weighted by Gasteiger charge is 2.22. The number of hydrogen-bond donors (Lipinski definition) is 2. The predicted molar refractivity (Wildman–Crippen MR) is 112 cm³/mol. The highest BCUT2D eigenvalue weighted by atomic mass is 32.2. The minimum absolute atomic E-state index is 0.0933. The van der Waals surface area contributed by atoms with Crippen molar-refractivity contribution in [2.75, 3.05) is 11.9 Å². The maximum Gasteiger partial charge on any atom is 0.248 e. The average Bonchev–Trinajstić information content (AvgIpc) is 2.60. The van der Waals surface area contributed by atoms with Crippen LogP contribution >= 0.6 is 0 Å². The number of sulfonamides is 1. The first-order valence-electron chi connectivity index (χ1n) is 8.95. The maximum atomic E-state index is 12.4. The lowest BCUT2D eigenvalue weighted by atomic mass is 10.1. The summed E-state index contributed by atoms with van der Waals surface area (Å²) in [6.07, 6.45) is 3.07. The standard InChI is InChI=1S/C21H26N2O4S/c1-5-27-18-12-9-16(10-13-18)11-14-20(24)22-17-7-6-8-19(15-17)28(25,26)23-21(2,3)4/h6-15,23H,5H2,1-4H3,(H,22,24)/b14-11+. The molecule has 0 aliphatic heterocycles. The molecule has 2 rings (SSSR count). The van der Waals surface area contributed by atoms with Crippen molar-refractivity contribution in [1.29, 1.82) is 0 Å². The molecular formula is C21H26N2O4S. The fraction of sp³-hybridized carbons (Fsp3) is 0.286. The van der Waals surface area contributed by atoms with Crippen molar-refractivity contribution in [3.63, 3.8) is 0 Å². The van der Waals surface area contributed by atoms with Gasteiger partial charge in [-0.05, 0) is 69.7 Å². The maximum absolute atomic E-state index is 12.4. The minimum atomic E-state index is -3.67. The van der Waals surface area contributed by atoms with Gasteiger partial charge < -0.3 is 10.1 Å². The number of anilines is 1. The Morgan fingerprint density at radius 1 is 1.11 bits per heavy atom. The Labute approximate surface area is 166 Å². The van der Waals surface area contributed by atoms with Crippen molar-refractivity contribution in [2.24, 2.45) is 0 Å². The highest BCUT2D eigenvalue weighted by Crippen LogP contribution is 2.18. The van der Waals surface area contributed by atoms with E-state index >= 15 is 0 Å². The van der Waals surface area contributed by atoms with E-state index in [1.165, 1.54) is 18.2 Å². The minimum Gasteiger partial charge on any atom is -0.494 e. The summed E-state index contributed by atoms with van der Waals surface area (Å²) in [6.45, 7) is 7.81. The van der Waals surface area contributed by atoms with Crippen molar-refractivity contribution in [3.8, 4) is 5.75 Å². The molecule has 1 amide bonds. The molecule has 2 aromatic rings. The first-order valence-corrected chi connectivity index (χ1v) is 10.4. The molecule has 7 heteroatoms. The fourth-order valence-corrected chi connectivity index (χ4v) is 3.86. The number of carbonyl (C=O) groups excluding carboxylic acids is 1. The Kier molecular flexibility index (Phi) is 6.99. The second-order valence-corrected chi connectivity index (χ2v) is 8.89. The van der Waals surface area contributed by atoms with Crippen LogP contribution in [0.25, 0.3) is 6.08 Å². The van der Waals surface area contributed by atoms with E-state index in [-0.39, 0.29) is 10.8 Å². The third-order valence-corrected chi connectivity index (χ3v) is 5.23. The molecule has 28 heavy (non-hydrogen) atoms. The lowest BCUT2D eigenvalue weighted by molar-refractivity contribution is -0.111. The molecule has 2 N–H and O–H groups in total. The van der Waals surface area contributed by atoms with E-state index in [1.807, 2.05) is 31.2 Å². The molecule has 0 atom stereocenters. The zero-order valence-electron chi connectivity index (χ0n) is 16.5. The molecule has 6 nitrogen and oxygen atoms in total. The Morgan fingerprint density at radius 3 is 2.39 bits per heavy atom. The van der Waals surface area contributed by atoms with Gasteiger partial charge in [0.1, 0.15) is 5.75 Å². The molecule has 0 saturated heterocycles. The van der Waals surface area contributed by atoms with E-state index in [0.717, 1.165) is 11.3 Å². The van der Waals surface area contributed by atoms with E-state index < -0.39 is 15.6 Å². The van der Waals surface area contributed by atoms with E-state index in [9.17, 15) is 13.2 Å². The van der Waals surface area contributed by atoms with Gasteiger partial charge in [0.15, 0.2) is 0 Å². The molecule has 150 valence electrons. The van der Waals surface area contributed by atoms with Crippen LogP contribution in [0.4, 0.5) is 5.69 Å². The van der Waals surface area contributed by atoms with Crippen LogP contribution in [-0.4, -0.2) is 26.5 Å². The van der Waals surface area contributed by atoms with Gasteiger partial charge in [-0.3, -0.25) is 4.79 Å². The summed E-state index contributed by atoms with van der Waals surface area (Å²) in [4.78, 5) is 12.3. The second kappa shape index (κ2) is 9.03. The molecule has 0 fully saturated rings. The van der Waals surface area contributed by atoms with Crippen LogP contribution in [0.3, 0.4) is 0 Å². The molecule has 0 spiro atoms. The van der Waals surface area contributed by atoms with Crippen LogP contribution in [0.1, 0.15) is 33.3 Å². The van der Waals surface area contributed by atoms with Gasteiger partial charge in [-0.25, -0.2) is 13.1 Å². The first-order chi connectivity index (χ1) is 13.1. The van der Waals surface area contributed by atoms with E-state index in [4.69, 9.17) is 4.74 Å². The highest BCUT2D eigenvalue weighted by molar-refractivity contribution is 7.89. The molecular weight excluding hydrogens is 376 g/mol. The van der Waals surface area contributed by atoms with Crippen molar-refractivity contribution >= 4 is 27.7 Å². The number of carbonyl (C=O) groups is 1. The van der Waals surface area contributed by atoms with Gasteiger partial charge >= 0.3 is 0 Å². The number of benzene rings is 2. The third-order valence-electron chi connectivity index (χ3n) is 3.47. The summed E-state index contributed by atoms with van der Waals surface area (Å²) >= 11 is 0. The van der Waals surface area contributed by atoms with Crippen molar-refractivity contribution in [3.05, 3.63) is 60.2 Å². The van der Waals surface area contributed by atoms with Gasteiger partial charge in [-0.1, -0.05) is 18.2 Å². The molecule has 0 aromatic heterocycles. The van der Waals surface area contributed by atoms with Gasteiger partial charge in [0.25, 0.3) is 0 Å². The number of amides is 1. The molecule has 0 saturated carbocycles. The molecule has 0 unspecified atom stereocenters. The van der Waals surface area contributed by atoms with Crippen LogP contribution < -0.4 is 14.8 Å². The zero-order chi connectivity index (χ0) is 20.8. The summed E-state index contributed by atoms with van der Waals surface area (Å²) in [5.41, 5.74) is 0.654. The quantitative estimate of drug-likeness (QED) is 0.690. The zero-order valence-corrected chi connectivity index (χ0v) is 17.3. The number of hydrogen-bond acceptors (Lipinski definition) is 4. The molecule has 0 radical (unpaired) electrons. The lowest BCUT2D eigenvalue weighted by Gasteiger charge is -2.20. The molecule has 2 aromatic carbocycles. The number of ether oxygens (including phenoxy) is 1. The Balaban J connectivity index is 2.06. The normalized spacial score (nSPS) is 12.1. The van der Waals surface area contributed by atoms with E-state index in [0.29, 0.717) is 12.3 Å². The van der Waals surface area contributed by atoms with Gasteiger partial charge in [0.2, 0.25) is 15.9 Å². The van der Waals surface area contributed by atoms with Crippen LogP contribution in [0.15, 0.2) is 59.5 Å². The van der Waals surface area contributed by atoms with E-state index in [2.05, 4.69) is 10.0 Å². The Morgan fingerprint density at radius 2 is 1.79 bits per heavy atom. The topological polar surface area (TPSA) is 84.5 Å².